The van der Waals surface area contributed by atoms with Crippen LogP contribution in [0.3, 0.4) is 0 Å². The van der Waals surface area contributed by atoms with Gasteiger partial charge in [0.1, 0.15) is 23.8 Å². The van der Waals surface area contributed by atoms with Gasteiger partial charge in [0.15, 0.2) is 0 Å². The highest BCUT2D eigenvalue weighted by molar-refractivity contribution is 5.46. The van der Waals surface area contributed by atoms with Crippen molar-refractivity contribution in [1.82, 2.24) is 24.4 Å². The summed E-state index contributed by atoms with van der Waals surface area (Å²) in [5, 5.41) is 0. The second kappa shape index (κ2) is 7.61. The summed E-state index contributed by atoms with van der Waals surface area (Å²) in [6, 6.07) is 1.85. The first kappa shape index (κ1) is 16.7. The van der Waals surface area contributed by atoms with Crippen molar-refractivity contribution in [2.75, 3.05) is 44.4 Å². The van der Waals surface area contributed by atoms with Gasteiger partial charge in [-0.25, -0.2) is 15.0 Å². The van der Waals surface area contributed by atoms with Gasteiger partial charge in [0.2, 0.25) is 0 Å². The third-order valence-corrected chi connectivity index (χ3v) is 4.54. The molecule has 3 rings (SSSR count). The maximum Gasteiger partial charge on any atom is 0.134 e. The summed E-state index contributed by atoms with van der Waals surface area (Å²) in [5.41, 5.74) is 5.80. The van der Waals surface area contributed by atoms with Gasteiger partial charge in [-0.05, 0) is 39.9 Å². The number of hydrogen-bond donors (Lipinski definition) is 1. The fourth-order valence-corrected chi connectivity index (χ4v) is 3.36. The average Bonchev–Trinajstić information content (AvgIpc) is 3.03. The Kier molecular flexibility index (Phi) is 5.30. The summed E-state index contributed by atoms with van der Waals surface area (Å²) in [6.07, 6.45) is 9.01. The molecule has 1 atom stereocenters. The Balaban J connectivity index is 1.68. The lowest BCUT2D eigenvalue weighted by Gasteiger charge is -2.33. The van der Waals surface area contributed by atoms with Crippen LogP contribution in [0.2, 0.25) is 0 Å². The molecule has 3 heterocycles. The van der Waals surface area contributed by atoms with Crippen LogP contribution < -0.4 is 10.6 Å². The number of hydrogen-bond acceptors (Lipinski definition) is 6. The zero-order valence-corrected chi connectivity index (χ0v) is 14.6. The predicted molar refractivity (Wildman–Crippen MR) is 96.0 cm³/mol. The summed E-state index contributed by atoms with van der Waals surface area (Å²) in [7, 11) is 4.22. The summed E-state index contributed by atoms with van der Waals surface area (Å²) in [6.45, 7) is 4.05. The molecule has 24 heavy (non-hydrogen) atoms. The minimum absolute atomic E-state index is 0.435. The van der Waals surface area contributed by atoms with Gasteiger partial charge in [-0.2, -0.15) is 0 Å². The average molecular weight is 329 g/mol. The molecule has 1 fully saturated rings. The second-order valence-corrected chi connectivity index (χ2v) is 6.72. The minimum atomic E-state index is 0.435. The Morgan fingerprint density at radius 1 is 1.29 bits per heavy atom. The fraction of sp³-hybridized carbons (Fsp3) is 0.588. The van der Waals surface area contributed by atoms with E-state index < -0.39 is 0 Å². The lowest BCUT2D eigenvalue weighted by Crippen LogP contribution is -2.36. The highest BCUT2D eigenvalue weighted by atomic mass is 15.2. The number of imidazole rings is 1. The quantitative estimate of drug-likeness (QED) is 0.867. The second-order valence-electron chi connectivity index (χ2n) is 6.72. The Morgan fingerprint density at radius 3 is 2.96 bits per heavy atom. The first-order chi connectivity index (χ1) is 11.6. The van der Waals surface area contributed by atoms with Crippen molar-refractivity contribution in [3.05, 3.63) is 30.6 Å². The molecular formula is C17H27N7. The molecule has 2 aromatic rings. The summed E-state index contributed by atoms with van der Waals surface area (Å²) >= 11 is 0. The SMILES string of the molecule is CN(C)CCCn1ccnc1[C@@H]1CCCN(c2cc(N)ncn2)C1. The molecule has 1 aliphatic rings. The third kappa shape index (κ3) is 4.03. The molecule has 7 heteroatoms. The Labute approximate surface area is 143 Å². The molecule has 0 radical (unpaired) electrons. The number of piperidine rings is 1. The van der Waals surface area contributed by atoms with Gasteiger partial charge < -0.3 is 20.1 Å². The van der Waals surface area contributed by atoms with Crippen LogP contribution in [0.15, 0.2) is 24.8 Å². The zero-order valence-electron chi connectivity index (χ0n) is 14.6. The van der Waals surface area contributed by atoms with E-state index >= 15 is 0 Å². The molecular weight excluding hydrogens is 302 g/mol. The molecule has 1 aliphatic heterocycles. The van der Waals surface area contributed by atoms with Gasteiger partial charge >= 0.3 is 0 Å². The van der Waals surface area contributed by atoms with Gasteiger partial charge in [0.25, 0.3) is 0 Å². The molecule has 0 unspecified atom stereocenters. The van der Waals surface area contributed by atoms with Gasteiger partial charge in [-0.15, -0.1) is 0 Å². The molecule has 1 saturated heterocycles. The van der Waals surface area contributed by atoms with E-state index in [2.05, 4.69) is 49.6 Å². The first-order valence-corrected chi connectivity index (χ1v) is 8.61. The maximum absolute atomic E-state index is 5.80. The van der Waals surface area contributed by atoms with E-state index in [-0.39, 0.29) is 0 Å². The summed E-state index contributed by atoms with van der Waals surface area (Å²) < 4.78 is 2.31. The maximum atomic E-state index is 5.80. The van der Waals surface area contributed by atoms with Crippen molar-refractivity contribution >= 4 is 11.6 Å². The molecule has 0 aliphatic carbocycles. The molecule has 0 saturated carbocycles. The molecule has 2 aromatic heterocycles. The largest absolute Gasteiger partial charge is 0.384 e. The van der Waals surface area contributed by atoms with Crippen LogP contribution >= 0.6 is 0 Å². The Bertz CT molecular complexity index is 652. The van der Waals surface area contributed by atoms with Crippen molar-refractivity contribution in [3.63, 3.8) is 0 Å². The van der Waals surface area contributed by atoms with Crippen LogP contribution in [0.4, 0.5) is 11.6 Å². The number of rotatable bonds is 6. The molecule has 0 bridgehead atoms. The van der Waals surface area contributed by atoms with E-state index in [1.54, 1.807) is 0 Å². The van der Waals surface area contributed by atoms with Crippen LogP contribution in [-0.4, -0.2) is 58.1 Å². The Morgan fingerprint density at radius 2 is 2.17 bits per heavy atom. The van der Waals surface area contributed by atoms with Gasteiger partial charge in [0, 0.05) is 44.0 Å². The van der Waals surface area contributed by atoms with E-state index in [0.717, 1.165) is 44.8 Å². The molecule has 0 spiro atoms. The highest BCUT2D eigenvalue weighted by Crippen LogP contribution is 2.28. The number of nitrogens with zero attached hydrogens (tertiary/aromatic N) is 6. The van der Waals surface area contributed by atoms with Crippen molar-refractivity contribution < 1.29 is 0 Å². The molecule has 0 aromatic carbocycles. The van der Waals surface area contributed by atoms with Crippen molar-refractivity contribution in [3.8, 4) is 0 Å². The number of aromatic nitrogens is 4. The number of nitrogen functional groups attached to an aromatic ring is 1. The van der Waals surface area contributed by atoms with Crippen LogP contribution in [0.25, 0.3) is 0 Å². The first-order valence-electron chi connectivity index (χ1n) is 8.61. The molecule has 2 N–H and O–H groups in total. The van der Waals surface area contributed by atoms with E-state index in [9.17, 15) is 0 Å². The van der Waals surface area contributed by atoms with E-state index in [0.29, 0.717) is 11.7 Å². The van der Waals surface area contributed by atoms with Crippen molar-refractivity contribution in [2.24, 2.45) is 0 Å². The number of anilines is 2. The van der Waals surface area contributed by atoms with Crippen molar-refractivity contribution in [1.29, 1.82) is 0 Å². The van der Waals surface area contributed by atoms with Gasteiger partial charge in [-0.3, -0.25) is 0 Å². The van der Waals surface area contributed by atoms with Crippen molar-refractivity contribution in [2.45, 2.75) is 31.7 Å². The van der Waals surface area contributed by atoms with E-state index in [4.69, 9.17) is 5.73 Å². The smallest absolute Gasteiger partial charge is 0.134 e. The standard InChI is InChI=1S/C17H27N7/c1-22(2)7-4-9-23-10-6-19-17(23)14-5-3-8-24(12-14)16-11-15(18)20-13-21-16/h6,10-11,13-14H,3-5,7-9,12H2,1-2H3,(H2,18,20,21)/t14-/m1/s1. The van der Waals surface area contributed by atoms with Crippen LogP contribution in [0.5, 0.6) is 0 Å². The lowest BCUT2D eigenvalue weighted by molar-refractivity contribution is 0.380. The topological polar surface area (TPSA) is 76.1 Å². The predicted octanol–water partition coefficient (Wildman–Crippen LogP) is 1.59. The van der Waals surface area contributed by atoms with E-state index in [1.807, 2.05) is 12.3 Å². The minimum Gasteiger partial charge on any atom is -0.384 e. The number of nitrogens with two attached hydrogens (primary N) is 1. The zero-order chi connectivity index (χ0) is 16.9. The monoisotopic (exact) mass is 329 g/mol. The third-order valence-electron chi connectivity index (χ3n) is 4.54. The summed E-state index contributed by atoms with van der Waals surface area (Å²) in [5.74, 6) is 3.06. The van der Waals surface area contributed by atoms with Crippen LogP contribution in [0.1, 0.15) is 31.0 Å². The highest BCUT2D eigenvalue weighted by Gasteiger charge is 2.25. The lowest BCUT2D eigenvalue weighted by atomic mass is 9.97. The van der Waals surface area contributed by atoms with Crippen LogP contribution in [-0.2, 0) is 6.54 Å². The molecule has 130 valence electrons. The molecule has 0 amide bonds. The van der Waals surface area contributed by atoms with Crippen LogP contribution in [0, 0.1) is 0 Å². The van der Waals surface area contributed by atoms with Gasteiger partial charge in [-0.1, -0.05) is 0 Å². The van der Waals surface area contributed by atoms with Gasteiger partial charge in [0.05, 0.1) is 0 Å². The number of aryl methyl sites for hydroxylation is 1. The Hall–Kier alpha value is -2.15. The van der Waals surface area contributed by atoms with E-state index in [1.165, 1.54) is 18.6 Å². The molecule has 7 nitrogen and oxygen atoms in total. The normalized spacial score (nSPS) is 18.3. The fourth-order valence-electron chi connectivity index (χ4n) is 3.36. The summed E-state index contributed by atoms with van der Waals surface area (Å²) in [4.78, 5) is 17.5.